The summed E-state index contributed by atoms with van der Waals surface area (Å²) < 4.78 is 35.1. The molecule has 0 aliphatic heterocycles. The molecule has 0 saturated carbocycles. The topological polar surface area (TPSA) is 33.2 Å². The van der Waals surface area contributed by atoms with Crippen LogP contribution in [0.1, 0.15) is 0 Å². The summed E-state index contributed by atoms with van der Waals surface area (Å²) in [5, 5.41) is 6.96. The zero-order chi connectivity index (χ0) is 80.8. The number of para-hydroxylation sites is 10. The van der Waals surface area contributed by atoms with Gasteiger partial charge >= 0.3 is 0 Å². The Labute approximate surface area is 694 Å². The monoisotopic (exact) mass is 1540 g/mol. The van der Waals surface area contributed by atoms with Gasteiger partial charge in [-0.2, -0.15) is 0 Å². The Morgan fingerprint density at radius 1 is 0.208 bits per heavy atom. The van der Waals surface area contributed by atoms with Crippen LogP contribution in [-0.2, 0) is 0 Å². The van der Waals surface area contributed by atoms with Crippen LogP contribution in [0.25, 0.3) is 126 Å². The van der Waals surface area contributed by atoms with E-state index in [0.717, 1.165) is 145 Å². The first-order valence-electron chi connectivity index (χ1n) is 39.8. The highest BCUT2D eigenvalue weighted by molar-refractivity contribution is 6.16. The van der Waals surface area contributed by atoms with E-state index in [1.54, 1.807) is 24.3 Å². The molecule has 21 rings (SSSR count). The van der Waals surface area contributed by atoms with Gasteiger partial charge in [-0.3, -0.25) is 0 Å². The zero-order valence-electron chi connectivity index (χ0n) is 65.1. The highest BCUT2D eigenvalue weighted by Gasteiger charge is 2.27. The summed E-state index contributed by atoms with van der Waals surface area (Å²) in [6, 6.07) is 151. The van der Waals surface area contributed by atoms with Crippen molar-refractivity contribution in [1.82, 2.24) is 13.7 Å². The number of halogens is 2. The fourth-order valence-corrected chi connectivity index (χ4v) is 16.7. The molecule has 18 aromatic carbocycles. The number of nitrogens with zero attached hydrogens (tertiary/aromatic N) is 8. The quantitative estimate of drug-likeness (QED) is 0.0959. The lowest BCUT2D eigenvalue weighted by molar-refractivity contribution is 0.628. The molecule has 0 saturated heterocycles. The molecular formula is C110H74F2N8. The highest BCUT2D eigenvalue weighted by atomic mass is 19.1. The maximum Gasteiger partial charge on any atom is 0.210 e. The van der Waals surface area contributed by atoms with Gasteiger partial charge < -0.3 is 28.4 Å². The molecule has 568 valence electrons. The molecular weight excluding hydrogens is 1470 g/mol. The van der Waals surface area contributed by atoms with Crippen molar-refractivity contribution >= 4 is 128 Å². The Morgan fingerprint density at radius 2 is 0.475 bits per heavy atom. The van der Waals surface area contributed by atoms with Crippen LogP contribution in [0.15, 0.2) is 449 Å². The third-order valence-corrected chi connectivity index (χ3v) is 22.1. The first-order valence-corrected chi connectivity index (χ1v) is 39.8. The molecule has 0 spiro atoms. The Bertz CT molecular complexity index is 7290. The Hall–Kier alpha value is -16.4. The van der Waals surface area contributed by atoms with Crippen molar-refractivity contribution in [2.45, 2.75) is 0 Å². The number of benzene rings is 18. The first kappa shape index (κ1) is 73.8. The molecule has 8 nitrogen and oxygen atoms in total. The van der Waals surface area contributed by atoms with Crippen molar-refractivity contribution in [3.63, 3.8) is 0 Å². The summed E-state index contributed by atoms with van der Waals surface area (Å²) in [5.41, 5.74) is 26.4. The van der Waals surface area contributed by atoms with E-state index in [-0.39, 0.29) is 11.6 Å². The smallest absolute Gasteiger partial charge is 0.210 e. The van der Waals surface area contributed by atoms with Crippen LogP contribution < -0.4 is 14.7 Å². The average molecular weight is 1550 g/mol. The van der Waals surface area contributed by atoms with Gasteiger partial charge in [0.2, 0.25) is 5.69 Å². The maximum absolute atomic E-state index is 14.0. The van der Waals surface area contributed by atoms with Gasteiger partial charge in [0.1, 0.15) is 11.6 Å². The standard InChI is InChI=1S/2C37H25N3.C36H24F2N2/c1-38-33-22-12-14-24-35(33)40(29-19-9-4-10-20-29)36-26-32-30-21-11-13-23-34(30)39(28-17-7-3-8-18-28)37(32)25-31(36)27-15-5-2-6-16-27;1-38-28-21-23-31(24-22-28)39(29-15-7-3-8-16-29)36-26-34-32-19-11-12-20-35(32)40(30-17-9-4-10-18-30)37(34)25-33(36)27-13-5-2-6-14-27;37-26-15-19-29(20-16-26)39(30-21-17-27(38)18-22-30)35-24-33-31-13-7-8-14-34(31)40(28-11-5-2-6-12-28)36(33)23-32(35)25-9-3-1-4-10-25/h2*2-26H;1-24H. The van der Waals surface area contributed by atoms with E-state index in [4.69, 9.17) is 13.1 Å². The van der Waals surface area contributed by atoms with Gasteiger partial charge in [-0.15, -0.1) is 0 Å². The Kier molecular flexibility index (Phi) is 20.2. The van der Waals surface area contributed by atoms with E-state index < -0.39 is 0 Å². The molecule has 3 heterocycles. The molecule has 0 aliphatic rings. The molecule has 3 aromatic heterocycles. The molecule has 0 unspecified atom stereocenters. The first-order chi connectivity index (χ1) is 59.3. The minimum Gasteiger partial charge on any atom is -0.320 e. The lowest BCUT2D eigenvalue weighted by Gasteiger charge is -2.29. The van der Waals surface area contributed by atoms with Gasteiger partial charge in [0, 0.05) is 94.5 Å². The summed E-state index contributed by atoms with van der Waals surface area (Å²) in [4.78, 5) is 14.1. The average Bonchev–Trinajstić information content (AvgIpc) is 1.60. The normalized spacial score (nSPS) is 11.1. The molecule has 10 heteroatoms. The van der Waals surface area contributed by atoms with Crippen LogP contribution in [0.4, 0.5) is 71.3 Å². The number of hydrogen-bond donors (Lipinski definition) is 0. The van der Waals surface area contributed by atoms with E-state index in [9.17, 15) is 8.78 Å². The molecule has 0 fully saturated rings. The molecule has 21 aromatic rings. The maximum atomic E-state index is 14.0. The fourth-order valence-electron chi connectivity index (χ4n) is 16.7. The second kappa shape index (κ2) is 32.8. The van der Waals surface area contributed by atoms with E-state index in [1.807, 2.05) is 115 Å². The molecule has 120 heavy (non-hydrogen) atoms. The van der Waals surface area contributed by atoms with Crippen LogP contribution in [0.5, 0.6) is 0 Å². The van der Waals surface area contributed by atoms with Gasteiger partial charge in [0.15, 0.2) is 5.69 Å². The molecule has 0 aliphatic carbocycles. The third kappa shape index (κ3) is 14.1. The van der Waals surface area contributed by atoms with Gasteiger partial charge in [0.25, 0.3) is 0 Å². The zero-order valence-corrected chi connectivity index (χ0v) is 65.1. The van der Waals surface area contributed by atoms with Crippen LogP contribution in [0.3, 0.4) is 0 Å². The predicted molar refractivity (Wildman–Crippen MR) is 495 cm³/mol. The number of hydrogen-bond acceptors (Lipinski definition) is 3. The highest BCUT2D eigenvalue weighted by Crippen LogP contribution is 2.51. The van der Waals surface area contributed by atoms with Crippen LogP contribution >= 0.6 is 0 Å². The van der Waals surface area contributed by atoms with Gasteiger partial charge in [0.05, 0.1) is 69.0 Å². The minimum atomic E-state index is -0.313. The summed E-state index contributed by atoms with van der Waals surface area (Å²) in [7, 11) is 0. The van der Waals surface area contributed by atoms with Crippen LogP contribution in [0.2, 0.25) is 0 Å². The molecule has 0 atom stereocenters. The van der Waals surface area contributed by atoms with Gasteiger partial charge in [-0.25, -0.2) is 18.5 Å². The number of aromatic nitrogens is 3. The number of rotatable bonds is 15. The largest absolute Gasteiger partial charge is 0.320 e. The summed E-state index contributed by atoms with van der Waals surface area (Å²) in [6.45, 7) is 15.4. The predicted octanol–water partition coefficient (Wildman–Crippen LogP) is 31.1. The Balaban J connectivity index is 0.000000119. The molecule has 0 bridgehead atoms. The van der Waals surface area contributed by atoms with Crippen molar-refractivity contribution in [2.24, 2.45) is 0 Å². The lowest BCUT2D eigenvalue weighted by atomic mass is 9.99. The van der Waals surface area contributed by atoms with Gasteiger partial charge in [-0.1, -0.05) is 267 Å². The SMILES string of the molecule is Fc1ccc(N(c2ccc(F)cc2)c2cc3c4ccccc4n(-c4ccccc4)c3cc2-c2ccccc2)cc1.[C-]#[N+]c1ccc(N(c2ccccc2)c2cc3c4ccccc4n(-c4ccccc4)c3cc2-c2ccccc2)cc1.[C-]#[N+]c1ccccc1N(c1ccccc1)c1cc2c3ccccc3n(-c3ccccc3)c2cc1-c1ccccc1. The van der Waals surface area contributed by atoms with Crippen molar-refractivity contribution < 1.29 is 8.78 Å². The molecule has 0 N–H and O–H groups in total. The summed E-state index contributed by atoms with van der Waals surface area (Å²) in [6.07, 6.45) is 0. The second-order valence-electron chi connectivity index (χ2n) is 29.2. The van der Waals surface area contributed by atoms with Crippen LogP contribution in [0, 0.1) is 24.8 Å². The van der Waals surface area contributed by atoms with Gasteiger partial charge in [-0.05, 0) is 199 Å². The minimum absolute atomic E-state index is 0.313. The lowest BCUT2D eigenvalue weighted by Crippen LogP contribution is -2.11. The molecule has 0 amide bonds. The third-order valence-electron chi connectivity index (χ3n) is 22.1. The van der Waals surface area contributed by atoms with E-state index in [0.29, 0.717) is 11.4 Å². The van der Waals surface area contributed by atoms with E-state index in [1.165, 1.54) is 45.9 Å². The fraction of sp³-hybridized carbons (Fsp3) is 0. The Morgan fingerprint density at radius 3 is 0.808 bits per heavy atom. The summed E-state index contributed by atoms with van der Waals surface area (Å²) >= 11 is 0. The van der Waals surface area contributed by atoms with Crippen LogP contribution in [-0.4, -0.2) is 13.7 Å². The van der Waals surface area contributed by atoms with E-state index >= 15 is 0 Å². The van der Waals surface area contributed by atoms with Crippen molar-refractivity contribution in [2.75, 3.05) is 14.7 Å². The second-order valence-corrected chi connectivity index (χ2v) is 29.2. The van der Waals surface area contributed by atoms with Crippen molar-refractivity contribution in [1.29, 1.82) is 0 Å². The van der Waals surface area contributed by atoms with E-state index in [2.05, 4.69) is 323 Å². The number of anilines is 9. The molecule has 0 radical (unpaired) electrons. The van der Waals surface area contributed by atoms with Crippen molar-refractivity contribution in [3.8, 4) is 50.4 Å². The summed E-state index contributed by atoms with van der Waals surface area (Å²) in [5.74, 6) is -0.625. The number of fused-ring (bicyclic) bond motifs is 9. The van der Waals surface area contributed by atoms with Crippen molar-refractivity contribution in [3.05, 3.63) is 483 Å².